The molecule has 17 heavy (non-hydrogen) atoms. The molecular weight excluding hydrogens is 280 g/mol. The highest BCUT2D eigenvalue weighted by molar-refractivity contribution is 9.10. The molecule has 0 bridgehead atoms. The van der Waals surface area contributed by atoms with Crippen molar-refractivity contribution in [3.05, 3.63) is 28.7 Å². The Bertz CT molecular complexity index is 453. The topological polar surface area (TPSA) is 23.6 Å². The number of hydrogen-bond donors (Lipinski definition) is 0. The van der Waals surface area contributed by atoms with Crippen LogP contribution in [0.15, 0.2) is 28.7 Å². The molecule has 1 aliphatic heterocycles. The summed E-state index contributed by atoms with van der Waals surface area (Å²) in [6.45, 7) is 1.38. The van der Waals surface area contributed by atoms with E-state index in [9.17, 15) is 4.79 Å². The van der Waals surface area contributed by atoms with Gasteiger partial charge in [0.25, 0.3) is 0 Å². The standard InChI is InChI=1S/C13H15BrN2O/c1-15-8-12(17)16(9-13(15)6-7-13)11-4-2-10(14)3-5-11/h2-5H,6-9H2,1H3. The van der Waals surface area contributed by atoms with E-state index in [0.717, 1.165) is 16.7 Å². The number of amides is 1. The van der Waals surface area contributed by atoms with Crippen molar-refractivity contribution in [3.8, 4) is 0 Å². The fourth-order valence-electron chi connectivity index (χ4n) is 2.50. The maximum Gasteiger partial charge on any atom is 0.241 e. The predicted octanol–water partition coefficient (Wildman–Crippen LogP) is 2.26. The van der Waals surface area contributed by atoms with Crippen LogP contribution in [0.2, 0.25) is 0 Å². The van der Waals surface area contributed by atoms with Crippen LogP contribution in [0, 0.1) is 0 Å². The summed E-state index contributed by atoms with van der Waals surface area (Å²) < 4.78 is 1.05. The maximum atomic E-state index is 12.1. The summed E-state index contributed by atoms with van der Waals surface area (Å²) in [4.78, 5) is 16.2. The van der Waals surface area contributed by atoms with Crippen molar-refractivity contribution in [3.63, 3.8) is 0 Å². The Morgan fingerprint density at radius 2 is 1.88 bits per heavy atom. The van der Waals surface area contributed by atoms with E-state index in [4.69, 9.17) is 0 Å². The van der Waals surface area contributed by atoms with Gasteiger partial charge in [0, 0.05) is 22.2 Å². The zero-order chi connectivity index (χ0) is 12.0. The third-order valence-electron chi connectivity index (χ3n) is 3.90. The lowest BCUT2D eigenvalue weighted by atomic mass is 10.1. The summed E-state index contributed by atoms with van der Waals surface area (Å²) in [6, 6.07) is 7.98. The Kier molecular flexibility index (Phi) is 2.52. The summed E-state index contributed by atoms with van der Waals surface area (Å²) in [6.07, 6.45) is 2.42. The molecule has 0 aromatic heterocycles. The highest BCUT2D eigenvalue weighted by atomic mass is 79.9. The molecule has 2 aliphatic rings. The van der Waals surface area contributed by atoms with Crippen LogP contribution < -0.4 is 4.90 Å². The van der Waals surface area contributed by atoms with Crippen LogP contribution in [0.3, 0.4) is 0 Å². The van der Waals surface area contributed by atoms with E-state index in [-0.39, 0.29) is 11.4 Å². The summed E-state index contributed by atoms with van der Waals surface area (Å²) in [5.74, 6) is 0.201. The number of carbonyl (C=O) groups is 1. The number of benzene rings is 1. The average Bonchev–Trinajstić information content (AvgIpc) is 3.07. The minimum Gasteiger partial charge on any atom is -0.309 e. The van der Waals surface area contributed by atoms with Crippen molar-refractivity contribution in [1.82, 2.24) is 4.90 Å². The zero-order valence-corrected chi connectivity index (χ0v) is 11.4. The third-order valence-corrected chi connectivity index (χ3v) is 4.43. The second-order valence-electron chi connectivity index (χ2n) is 5.04. The van der Waals surface area contributed by atoms with E-state index in [2.05, 4.69) is 27.9 Å². The van der Waals surface area contributed by atoms with Crippen LogP contribution in [0.4, 0.5) is 5.69 Å². The van der Waals surface area contributed by atoms with Gasteiger partial charge in [0.15, 0.2) is 0 Å². The first kappa shape index (κ1) is 11.2. The van der Waals surface area contributed by atoms with Gasteiger partial charge in [-0.25, -0.2) is 0 Å². The molecule has 1 aromatic carbocycles. The molecule has 0 radical (unpaired) electrons. The van der Waals surface area contributed by atoms with Gasteiger partial charge in [-0.3, -0.25) is 9.69 Å². The number of nitrogens with zero attached hydrogens (tertiary/aromatic N) is 2. The fraction of sp³-hybridized carbons (Fsp3) is 0.462. The summed E-state index contributed by atoms with van der Waals surface area (Å²) >= 11 is 3.42. The predicted molar refractivity (Wildman–Crippen MR) is 71.1 cm³/mol. The molecule has 1 saturated heterocycles. The van der Waals surface area contributed by atoms with Crippen LogP contribution in [-0.4, -0.2) is 36.5 Å². The van der Waals surface area contributed by atoms with Gasteiger partial charge in [-0.2, -0.15) is 0 Å². The molecule has 1 aliphatic carbocycles. The first-order valence-corrected chi connectivity index (χ1v) is 6.67. The van der Waals surface area contributed by atoms with E-state index in [0.29, 0.717) is 6.54 Å². The number of piperazine rings is 1. The molecule has 1 heterocycles. The molecule has 0 unspecified atom stereocenters. The number of rotatable bonds is 1. The van der Waals surface area contributed by atoms with Gasteiger partial charge in [-0.05, 0) is 44.2 Å². The molecule has 0 atom stereocenters. The van der Waals surface area contributed by atoms with Crippen LogP contribution in [0.25, 0.3) is 0 Å². The van der Waals surface area contributed by atoms with Crippen LogP contribution in [0.1, 0.15) is 12.8 Å². The minimum absolute atomic E-state index is 0.201. The largest absolute Gasteiger partial charge is 0.309 e. The summed E-state index contributed by atoms with van der Waals surface area (Å²) in [7, 11) is 2.06. The fourth-order valence-corrected chi connectivity index (χ4v) is 2.76. The number of hydrogen-bond acceptors (Lipinski definition) is 2. The van der Waals surface area contributed by atoms with Crippen LogP contribution >= 0.6 is 15.9 Å². The smallest absolute Gasteiger partial charge is 0.241 e. The molecule has 3 nitrogen and oxygen atoms in total. The van der Waals surface area contributed by atoms with E-state index < -0.39 is 0 Å². The number of likely N-dealkylation sites (N-methyl/N-ethyl adjacent to an activating group) is 1. The van der Waals surface area contributed by atoms with Gasteiger partial charge in [0.1, 0.15) is 0 Å². The van der Waals surface area contributed by atoms with Crippen molar-refractivity contribution in [2.24, 2.45) is 0 Å². The molecule has 0 N–H and O–H groups in total. The molecular formula is C13H15BrN2O. The van der Waals surface area contributed by atoms with E-state index >= 15 is 0 Å². The summed E-state index contributed by atoms with van der Waals surface area (Å²) in [5.41, 5.74) is 1.28. The Labute approximate surface area is 110 Å². The first-order chi connectivity index (χ1) is 8.11. The van der Waals surface area contributed by atoms with Crippen LogP contribution in [0.5, 0.6) is 0 Å². The SMILES string of the molecule is CN1CC(=O)N(c2ccc(Br)cc2)CC12CC2. The van der Waals surface area contributed by atoms with Crippen molar-refractivity contribution < 1.29 is 4.79 Å². The Hall–Kier alpha value is -0.870. The Balaban J connectivity index is 1.87. The van der Waals surface area contributed by atoms with Crippen molar-refractivity contribution in [2.75, 3.05) is 25.0 Å². The molecule has 3 rings (SSSR count). The lowest BCUT2D eigenvalue weighted by molar-refractivity contribution is -0.122. The lowest BCUT2D eigenvalue weighted by Crippen LogP contribution is -2.56. The number of carbonyl (C=O) groups excluding carboxylic acids is 1. The lowest BCUT2D eigenvalue weighted by Gasteiger charge is -2.39. The molecule has 1 saturated carbocycles. The second kappa shape index (κ2) is 3.82. The number of halogens is 1. The molecule has 1 spiro atoms. The molecule has 1 aromatic rings. The highest BCUT2D eigenvalue weighted by Crippen LogP contribution is 2.44. The Morgan fingerprint density at radius 1 is 1.24 bits per heavy atom. The molecule has 2 fully saturated rings. The van der Waals surface area contributed by atoms with Gasteiger partial charge in [0.05, 0.1) is 6.54 Å². The maximum absolute atomic E-state index is 12.1. The monoisotopic (exact) mass is 294 g/mol. The third kappa shape index (κ3) is 1.89. The van der Waals surface area contributed by atoms with Crippen molar-refractivity contribution in [1.29, 1.82) is 0 Å². The van der Waals surface area contributed by atoms with E-state index in [1.165, 1.54) is 12.8 Å². The molecule has 1 amide bonds. The second-order valence-corrected chi connectivity index (χ2v) is 5.95. The van der Waals surface area contributed by atoms with E-state index in [1.807, 2.05) is 29.2 Å². The minimum atomic E-state index is 0.201. The van der Waals surface area contributed by atoms with Gasteiger partial charge < -0.3 is 4.90 Å². The van der Waals surface area contributed by atoms with Gasteiger partial charge in [-0.1, -0.05) is 15.9 Å². The number of anilines is 1. The van der Waals surface area contributed by atoms with E-state index in [1.54, 1.807) is 0 Å². The van der Waals surface area contributed by atoms with Crippen LogP contribution in [-0.2, 0) is 4.79 Å². The van der Waals surface area contributed by atoms with Gasteiger partial charge >= 0.3 is 0 Å². The average molecular weight is 295 g/mol. The molecule has 90 valence electrons. The zero-order valence-electron chi connectivity index (χ0n) is 9.82. The normalized spacial score (nSPS) is 23.2. The quantitative estimate of drug-likeness (QED) is 0.793. The Morgan fingerprint density at radius 3 is 2.47 bits per heavy atom. The highest BCUT2D eigenvalue weighted by Gasteiger charge is 2.51. The van der Waals surface area contributed by atoms with Crippen molar-refractivity contribution in [2.45, 2.75) is 18.4 Å². The van der Waals surface area contributed by atoms with Crippen molar-refractivity contribution >= 4 is 27.5 Å². The first-order valence-electron chi connectivity index (χ1n) is 5.88. The van der Waals surface area contributed by atoms with Gasteiger partial charge in [0.2, 0.25) is 5.91 Å². The summed E-state index contributed by atoms with van der Waals surface area (Å²) in [5, 5.41) is 0. The molecule has 4 heteroatoms. The van der Waals surface area contributed by atoms with Gasteiger partial charge in [-0.15, -0.1) is 0 Å².